The molecule has 3 aromatic rings. The van der Waals surface area contributed by atoms with Crippen molar-refractivity contribution in [1.82, 2.24) is 10.2 Å². The van der Waals surface area contributed by atoms with Gasteiger partial charge in [0.05, 0.1) is 24.6 Å². The second-order valence-corrected chi connectivity index (χ2v) is 9.15. The van der Waals surface area contributed by atoms with Gasteiger partial charge in [0.15, 0.2) is 0 Å². The van der Waals surface area contributed by atoms with Gasteiger partial charge in [-0.05, 0) is 59.9 Å². The Morgan fingerprint density at radius 2 is 1.78 bits per heavy atom. The molecule has 36 heavy (non-hydrogen) atoms. The number of carbonyl (C=O) groups is 2. The van der Waals surface area contributed by atoms with E-state index in [2.05, 4.69) is 5.32 Å². The fraction of sp³-hybridized carbons (Fsp3) is 0.286. The number of hydrogen-bond acceptors (Lipinski definition) is 3. The van der Waals surface area contributed by atoms with Crippen molar-refractivity contribution >= 4 is 11.8 Å². The Hall–Kier alpha value is -3.81. The molecule has 1 heterocycles. The summed E-state index contributed by atoms with van der Waals surface area (Å²) < 4.78 is 44.8. The molecule has 1 aliphatic carbocycles. The van der Waals surface area contributed by atoms with Crippen LogP contribution < -0.4 is 10.1 Å². The summed E-state index contributed by atoms with van der Waals surface area (Å²) in [5, 5.41) is 2.84. The summed E-state index contributed by atoms with van der Waals surface area (Å²) >= 11 is 0. The maximum Gasteiger partial charge on any atom is 0.416 e. The smallest absolute Gasteiger partial charge is 0.416 e. The molecule has 1 aliphatic heterocycles. The standard InChI is InChI=1S/C28H25F3N2O3/c1-36-21-9-5-7-18(15-21)25-24(22-10-2-3-11-23(22)27(35)33(25)20-12-13-20)26(34)32-16-17-6-4-8-19(14-17)28(29,30)31/h2-11,14-15,20,24-25H,12-13,16H2,1H3,(H,32,34)/t24-,25-/m1/s1. The van der Waals surface area contributed by atoms with Gasteiger partial charge in [-0.3, -0.25) is 9.59 Å². The summed E-state index contributed by atoms with van der Waals surface area (Å²) in [5.41, 5.74) is 1.42. The van der Waals surface area contributed by atoms with E-state index < -0.39 is 23.7 Å². The summed E-state index contributed by atoms with van der Waals surface area (Å²) in [6, 6.07) is 18.7. The monoisotopic (exact) mass is 494 g/mol. The van der Waals surface area contributed by atoms with E-state index in [1.54, 1.807) is 48.4 Å². The highest BCUT2D eigenvalue weighted by Gasteiger charge is 2.49. The molecule has 2 aliphatic rings. The molecule has 8 heteroatoms. The maximum atomic E-state index is 13.7. The molecule has 0 radical (unpaired) electrons. The number of benzene rings is 3. The quantitative estimate of drug-likeness (QED) is 0.494. The molecule has 3 aromatic carbocycles. The van der Waals surface area contributed by atoms with Crippen molar-refractivity contribution in [1.29, 1.82) is 0 Å². The van der Waals surface area contributed by atoms with Crippen LogP contribution in [-0.4, -0.2) is 29.9 Å². The van der Waals surface area contributed by atoms with E-state index in [1.165, 1.54) is 6.07 Å². The Morgan fingerprint density at radius 1 is 1.03 bits per heavy atom. The van der Waals surface area contributed by atoms with E-state index in [4.69, 9.17) is 4.74 Å². The van der Waals surface area contributed by atoms with Crippen LogP contribution in [0.2, 0.25) is 0 Å². The number of rotatable bonds is 6. The fourth-order valence-corrected chi connectivity index (χ4v) is 4.92. The summed E-state index contributed by atoms with van der Waals surface area (Å²) in [5.74, 6) is -0.608. The van der Waals surface area contributed by atoms with Gasteiger partial charge in [-0.25, -0.2) is 0 Å². The van der Waals surface area contributed by atoms with E-state index in [1.807, 2.05) is 18.2 Å². The number of alkyl halides is 3. The lowest BCUT2D eigenvalue weighted by molar-refractivity contribution is -0.137. The van der Waals surface area contributed by atoms with E-state index in [9.17, 15) is 22.8 Å². The van der Waals surface area contributed by atoms with Crippen LogP contribution in [0.25, 0.3) is 0 Å². The van der Waals surface area contributed by atoms with E-state index in [-0.39, 0.29) is 24.4 Å². The number of halogens is 3. The largest absolute Gasteiger partial charge is 0.497 e. The van der Waals surface area contributed by atoms with Crippen LogP contribution in [0.5, 0.6) is 5.75 Å². The van der Waals surface area contributed by atoms with Gasteiger partial charge in [0.25, 0.3) is 5.91 Å². The molecule has 5 rings (SSSR count). The summed E-state index contributed by atoms with van der Waals surface area (Å²) in [6.45, 7) is -0.0658. The van der Waals surface area contributed by atoms with Crippen molar-refractivity contribution in [2.75, 3.05) is 7.11 Å². The molecule has 0 bridgehead atoms. The minimum atomic E-state index is -4.47. The van der Waals surface area contributed by atoms with Gasteiger partial charge in [-0.2, -0.15) is 13.2 Å². The van der Waals surface area contributed by atoms with Crippen LogP contribution in [0.15, 0.2) is 72.8 Å². The van der Waals surface area contributed by atoms with Gasteiger partial charge in [0.2, 0.25) is 5.91 Å². The number of methoxy groups -OCH3 is 1. The normalized spacial score (nSPS) is 19.6. The molecule has 0 unspecified atom stereocenters. The van der Waals surface area contributed by atoms with Crippen LogP contribution in [0, 0.1) is 0 Å². The maximum absolute atomic E-state index is 13.7. The third-order valence-electron chi connectivity index (χ3n) is 6.76. The van der Waals surface area contributed by atoms with Crippen LogP contribution in [0.3, 0.4) is 0 Å². The highest BCUT2D eigenvalue weighted by Crippen LogP contribution is 2.48. The summed E-state index contributed by atoms with van der Waals surface area (Å²) in [6.07, 6.45) is -2.76. The fourth-order valence-electron chi connectivity index (χ4n) is 4.92. The Balaban J connectivity index is 1.52. The molecule has 0 aromatic heterocycles. The van der Waals surface area contributed by atoms with Crippen LogP contribution in [0.1, 0.15) is 57.4 Å². The molecular weight excluding hydrogens is 469 g/mol. The molecule has 1 N–H and O–H groups in total. The van der Waals surface area contributed by atoms with Crippen molar-refractivity contribution in [2.24, 2.45) is 0 Å². The number of ether oxygens (including phenoxy) is 1. The van der Waals surface area contributed by atoms with E-state index in [0.29, 0.717) is 22.4 Å². The molecule has 1 fully saturated rings. The average molecular weight is 495 g/mol. The minimum absolute atomic E-state index is 0.0285. The third kappa shape index (κ3) is 4.55. The first kappa shape index (κ1) is 23.9. The Kier molecular flexibility index (Phi) is 6.20. The van der Waals surface area contributed by atoms with Gasteiger partial charge in [-0.1, -0.05) is 42.5 Å². The predicted molar refractivity (Wildman–Crippen MR) is 127 cm³/mol. The Morgan fingerprint density at radius 3 is 2.50 bits per heavy atom. The van der Waals surface area contributed by atoms with E-state index in [0.717, 1.165) is 30.5 Å². The first-order valence-electron chi connectivity index (χ1n) is 11.8. The third-order valence-corrected chi connectivity index (χ3v) is 6.76. The molecule has 5 nitrogen and oxygen atoms in total. The average Bonchev–Trinajstić information content (AvgIpc) is 3.72. The number of fused-ring (bicyclic) bond motifs is 1. The van der Waals surface area contributed by atoms with E-state index >= 15 is 0 Å². The number of nitrogens with one attached hydrogen (secondary N) is 1. The topological polar surface area (TPSA) is 58.6 Å². The number of carbonyl (C=O) groups excluding carboxylic acids is 2. The van der Waals surface area contributed by atoms with Crippen LogP contribution in [0.4, 0.5) is 13.2 Å². The lowest BCUT2D eigenvalue weighted by atomic mass is 9.79. The van der Waals surface area contributed by atoms with Gasteiger partial charge >= 0.3 is 6.18 Å². The van der Waals surface area contributed by atoms with Crippen molar-refractivity contribution in [3.63, 3.8) is 0 Å². The molecule has 186 valence electrons. The molecule has 0 spiro atoms. The summed E-state index contributed by atoms with van der Waals surface area (Å²) in [7, 11) is 1.55. The highest BCUT2D eigenvalue weighted by atomic mass is 19.4. The number of hydrogen-bond donors (Lipinski definition) is 1. The lowest BCUT2D eigenvalue weighted by Crippen LogP contribution is -2.48. The first-order chi connectivity index (χ1) is 17.3. The van der Waals surface area contributed by atoms with Gasteiger partial charge in [0.1, 0.15) is 5.75 Å². The van der Waals surface area contributed by atoms with Gasteiger partial charge < -0.3 is 15.0 Å². The molecular formula is C28H25F3N2O3. The second kappa shape index (κ2) is 9.33. The number of amides is 2. The van der Waals surface area contributed by atoms with Crippen molar-refractivity contribution < 1.29 is 27.5 Å². The zero-order valence-corrected chi connectivity index (χ0v) is 19.6. The Labute approximate surface area is 206 Å². The van der Waals surface area contributed by atoms with Crippen LogP contribution >= 0.6 is 0 Å². The van der Waals surface area contributed by atoms with Gasteiger partial charge in [0, 0.05) is 18.2 Å². The number of nitrogens with zero attached hydrogens (tertiary/aromatic N) is 1. The zero-order valence-electron chi connectivity index (χ0n) is 19.6. The predicted octanol–water partition coefficient (Wildman–Crippen LogP) is 5.47. The molecule has 2 atom stereocenters. The lowest BCUT2D eigenvalue weighted by Gasteiger charge is -2.42. The molecule has 2 amide bonds. The van der Waals surface area contributed by atoms with Gasteiger partial charge in [-0.15, -0.1) is 0 Å². The molecule has 1 saturated carbocycles. The summed E-state index contributed by atoms with van der Waals surface area (Å²) in [4.78, 5) is 29.1. The zero-order chi connectivity index (χ0) is 25.4. The van der Waals surface area contributed by atoms with Crippen LogP contribution in [-0.2, 0) is 17.5 Å². The molecule has 0 saturated heterocycles. The minimum Gasteiger partial charge on any atom is -0.497 e. The Bertz CT molecular complexity index is 1300. The first-order valence-corrected chi connectivity index (χ1v) is 11.8. The second-order valence-electron chi connectivity index (χ2n) is 9.15. The van der Waals surface area contributed by atoms with Crippen molar-refractivity contribution in [3.8, 4) is 5.75 Å². The highest BCUT2D eigenvalue weighted by molar-refractivity contribution is 6.01. The SMILES string of the molecule is COc1cccc([C@@H]2[C@H](C(=O)NCc3cccc(C(F)(F)F)c3)c3ccccc3C(=O)N2C2CC2)c1. The van der Waals surface area contributed by atoms with Crippen molar-refractivity contribution in [3.05, 3.63) is 101 Å². The van der Waals surface area contributed by atoms with Crippen molar-refractivity contribution in [2.45, 2.75) is 43.6 Å².